The van der Waals surface area contributed by atoms with Gasteiger partial charge >= 0.3 is 0 Å². The van der Waals surface area contributed by atoms with Crippen LogP contribution in [0.4, 0.5) is 0 Å². The van der Waals surface area contributed by atoms with Crippen molar-refractivity contribution in [2.45, 2.75) is 13.5 Å². The maximum Gasteiger partial charge on any atom is 0.287 e. The Balaban J connectivity index is 1.74. The van der Waals surface area contributed by atoms with Gasteiger partial charge in [0.2, 0.25) is 0 Å². The minimum Gasteiger partial charge on any atom is -0.456 e. The number of hydrogen-bond donors (Lipinski definition) is 1. The molecule has 0 aliphatic rings. The van der Waals surface area contributed by atoms with E-state index in [4.69, 9.17) is 4.42 Å². The molecule has 0 aliphatic carbocycles. The van der Waals surface area contributed by atoms with E-state index in [-0.39, 0.29) is 11.2 Å². The summed E-state index contributed by atoms with van der Waals surface area (Å²) in [6.45, 7) is 1.95. The molecule has 3 rings (SSSR count). The first-order valence-electron chi connectivity index (χ1n) is 6.23. The van der Waals surface area contributed by atoms with Crippen molar-refractivity contribution in [2.24, 2.45) is 0 Å². The quantitative estimate of drug-likeness (QED) is 0.798. The SMILES string of the molecule is Cc1cc(=O)cc(C(=O)NCc2ccc3nsnc3c2)o1. The van der Waals surface area contributed by atoms with Gasteiger partial charge in [-0.1, -0.05) is 6.07 Å². The summed E-state index contributed by atoms with van der Waals surface area (Å²) in [5.41, 5.74) is 2.28. The molecule has 0 saturated heterocycles. The van der Waals surface area contributed by atoms with Crippen LogP contribution in [0.3, 0.4) is 0 Å². The van der Waals surface area contributed by atoms with E-state index < -0.39 is 5.91 Å². The molecule has 0 atom stereocenters. The van der Waals surface area contributed by atoms with E-state index in [1.54, 1.807) is 6.92 Å². The van der Waals surface area contributed by atoms with E-state index in [2.05, 4.69) is 14.1 Å². The van der Waals surface area contributed by atoms with E-state index >= 15 is 0 Å². The van der Waals surface area contributed by atoms with E-state index in [1.165, 1.54) is 12.1 Å². The van der Waals surface area contributed by atoms with Crippen molar-refractivity contribution >= 4 is 28.7 Å². The maximum atomic E-state index is 12.0. The number of carbonyl (C=O) groups excluding carboxylic acids is 1. The Bertz CT molecular complexity index is 869. The van der Waals surface area contributed by atoms with Crippen LogP contribution in [0.5, 0.6) is 0 Å². The molecular weight excluding hydrogens is 290 g/mol. The second kappa shape index (κ2) is 5.45. The van der Waals surface area contributed by atoms with Crippen LogP contribution in [0, 0.1) is 6.92 Å². The van der Waals surface area contributed by atoms with Crippen LogP contribution in [0.25, 0.3) is 11.0 Å². The Labute approximate surface area is 123 Å². The molecule has 0 spiro atoms. The lowest BCUT2D eigenvalue weighted by Gasteiger charge is -2.05. The van der Waals surface area contributed by atoms with Crippen LogP contribution in [0.1, 0.15) is 21.9 Å². The van der Waals surface area contributed by atoms with Gasteiger partial charge in [-0.3, -0.25) is 9.59 Å². The average Bonchev–Trinajstić information content (AvgIpc) is 2.91. The molecule has 1 N–H and O–H groups in total. The molecule has 0 radical (unpaired) electrons. The summed E-state index contributed by atoms with van der Waals surface area (Å²) < 4.78 is 13.5. The van der Waals surface area contributed by atoms with E-state index in [0.29, 0.717) is 12.3 Å². The molecule has 106 valence electrons. The zero-order valence-electron chi connectivity index (χ0n) is 11.1. The predicted molar refractivity (Wildman–Crippen MR) is 78.3 cm³/mol. The molecule has 7 heteroatoms. The predicted octanol–water partition coefficient (Wildman–Crippen LogP) is 1.88. The number of aryl methyl sites for hydroxylation is 1. The van der Waals surface area contributed by atoms with Crippen LogP contribution in [0.2, 0.25) is 0 Å². The highest BCUT2D eigenvalue weighted by Crippen LogP contribution is 2.13. The zero-order chi connectivity index (χ0) is 14.8. The maximum absolute atomic E-state index is 12.0. The monoisotopic (exact) mass is 301 g/mol. The average molecular weight is 301 g/mol. The number of rotatable bonds is 3. The fraction of sp³-hybridized carbons (Fsp3) is 0.143. The highest BCUT2D eigenvalue weighted by molar-refractivity contribution is 7.00. The second-order valence-electron chi connectivity index (χ2n) is 4.54. The van der Waals surface area contributed by atoms with Crippen molar-refractivity contribution in [1.82, 2.24) is 14.1 Å². The first-order valence-corrected chi connectivity index (χ1v) is 6.96. The molecule has 21 heavy (non-hydrogen) atoms. The third-order valence-corrected chi connectivity index (χ3v) is 3.44. The first kappa shape index (κ1) is 13.4. The normalized spacial score (nSPS) is 10.7. The van der Waals surface area contributed by atoms with Crippen LogP contribution in [0.15, 0.2) is 39.5 Å². The van der Waals surface area contributed by atoms with Crippen molar-refractivity contribution in [3.8, 4) is 0 Å². The lowest BCUT2D eigenvalue weighted by atomic mass is 10.2. The highest BCUT2D eigenvalue weighted by atomic mass is 32.1. The summed E-state index contributed by atoms with van der Waals surface area (Å²) in [4.78, 5) is 23.3. The fourth-order valence-corrected chi connectivity index (χ4v) is 2.44. The Morgan fingerprint density at radius 2 is 2.05 bits per heavy atom. The van der Waals surface area contributed by atoms with Gasteiger partial charge in [-0.15, -0.1) is 0 Å². The third-order valence-electron chi connectivity index (χ3n) is 2.88. The molecule has 1 aromatic carbocycles. The smallest absolute Gasteiger partial charge is 0.287 e. The molecule has 0 aliphatic heterocycles. The topological polar surface area (TPSA) is 85.1 Å². The van der Waals surface area contributed by atoms with E-state index in [9.17, 15) is 9.59 Å². The number of nitrogens with zero attached hydrogens (tertiary/aromatic N) is 2. The van der Waals surface area contributed by atoms with Gasteiger partial charge < -0.3 is 9.73 Å². The number of nitrogens with one attached hydrogen (secondary N) is 1. The van der Waals surface area contributed by atoms with Crippen molar-refractivity contribution in [1.29, 1.82) is 0 Å². The first-order chi connectivity index (χ1) is 10.1. The van der Waals surface area contributed by atoms with Crippen molar-refractivity contribution in [3.05, 3.63) is 57.6 Å². The number of carbonyl (C=O) groups is 1. The van der Waals surface area contributed by atoms with Gasteiger partial charge in [0.05, 0.1) is 11.7 Å². The van der Waals surface area contributed by atoms with Gasteiger partial charge in [-0.05, 0) is 24.6 Å². The molecule has 3 aromatic rings. The fourth-order valence-electron chi connectivity index (χ4n) is 1.92. The summed E-state index contributed by atoms with van der Waals surface area (Å²) in [5.74, 6) is -0.00804. The number of benzene rings is 1. The van der Waals surface area contributed by atoms with E-state index in [0.717, 1.165) is 28.3 Å². The van der Waals surface area contributed by atoms with Crippen molar-refractivity contribution in [3.63, 3.8) is 0 Å². The van der Waals surface area contributed by atoms with Crippen LogP contribution in [-0.4, -0.2) is 14.7 Å². The summed E-state index contributed by atoms with van der Waals surface area (Å²) in [6, 6.07) is 8.10. The highest BCUT2D eigenvalue weighted by Gasteiger charge is 2.10. The molecule has 0 fully saturated rings. The molecular formula is C14H11N3O3S. The lowest BCUT2D eigenvalue weighted by molar-refractivity contribution is 0.0919. The van der Waals surface area contributed by atoms with Gasteiger partial charge in [-0.2, -0.15) is 8.75 Å². The summed E-state index contributed by atoms with van der Waals surface area (Å²) in [6.07, 6.45) is 0. The zero-order valence-corrected chi connectivity index (χ0v) is 11.9. The van der Waals surface area contributed by atoms with Crippen molar-refractivity contribution in [2.75, 3.05) is 0 Å². The Hall–Kier alpha value is -2.54. The van der Waals surface area contributed by atoms with E-state index in [1.807, 2.05) is 18.2 Å². The van der Waals surface area contributed by atoms with Gasteiger partial charge in [-0.25, -0.2) is 0 Å². The number of fused-ring (bicyclic) bond motifs is 1. The summed E-state index contributed by atoms with van der Waals surface area (Å²) in [7, 11) is 0. The van der Waals surface area contributed by atoms with Crippen LogP contribution < -0.4 is 10.7 Å². The standard InChI is InChI=1S/C14H11N3O3S/c1-8-4-10(18)6-13(20-8)14(19)15-7-9-2-3-11-12(5-9)17-21-16-11/h2-6H,7H2,1H3,(H,15,19). The molecule has 1 amide bonds. The van der Waals surface area contributed by atoms with Crippen LogP contribution >= 0.6 is 11.7 Å². The molecule has 0 bridgehead atoms. The molecule has 0 unspecified atom stereocenters. The molecule has 2 aromatic heterocycles. The second-order valence-corrected chi connectivity index (χ2v) is 5.07. The Morgan fingerprint density at radius 1 is 1.24 bits per heavy atom. The lowest BCUT2D eigenvalue weighted by Crippen LogP contribution is -2.24. The van der Waals surface area contributed by atoms with Crippen LogP contribution in [-0.2, 0) is 6.54 Å². The number of aromatic nitrogens is 2. The molecule has 2 heterocycles. The Kier molecular flexibility index (Phi) is 3.49. The summed E-state index contributed by atoms with van der Waals surface area (Å²) in [5, 5.41) is 2.71. The van der Waals surface area contributed by atoms with Crippen molar-refractivity contribution < 1.29 is 9.21 Å². The largest absolute Gasteiger partial charge is 0.456 e. The minimum atomic E-state index is -0.424. The minimum absolute atomic E-state index is 0.0106. The Morgan fingerprint density at radius 3 is 2.86 bits per heavy atom. The van der Waals surface area contributed by atoms with Gasteiger partial charge in [0, 0.05) is 18.7 Å². The van der Waals surface area contributed by atoms with Gasteiger partial charge in [0.25, 0.3) is 5.91 Å². The molecule has 6 nitrogen and oxygen atoms in total. The van der Waals surface area contributed by atoms with Gasteiger partial charge in [0.15, 0.2) is 11.2 Å². The molecule has 0 saturated carbocycles. The summed E-state index contributed by atoms with van der Waals surface area (Å²) >= 11 is 1.15. The number of amides is 1. The third kappa shape index (κ3) is 2.97. The number of hydrogen-bond acceptors (Lipinski definition) is 6. The van der Waals surface area contributed by atoms with Gasteiger partial charge in [0.1, 0.15) is 16.8 Å².